The lowest BCUT2D eigenvalue weighted by Crippen LogP contribution is -2.38. The molecule has 21 heavy (non-hydrogen) atoms. The number of guanidine groups is 1. The molecular formula is C12H16IN7O. The van der Waals surface area contributed by atoms with Crippen molar-refractivity contribution >= 4 is 29.9 Å². The van der Waals surface area contributed by atoms with Crippen LogP contribution in [0.5, 0.6) is 0 Å². The van der Waals surface area contributed by atoms with Gasteiger partial charge in [-0.05, 0) is 12.1 Å². The minimum Gasteiger partial charge on any atom is -0.467 e. The molecule has 0 aliphatic carbocycles. The van der Waals surface area contributed by atoms with Crippen LogP contribution in [-0.4, -0.2) is 34.3 Å². The average molecular weight is 401 g/mol. The van der Waals surface area contributed by atoms with Crippen LogP contribution >= 0.6 is 24.0 Å². The summed E-state index contributed by atoms with van der Waals surface area (Å²) in [4.78, 5) is 7.92. The normalized spacial score (nSPS) is 10.6. The van der Waals surface area contributed by atoms with Crippen LogP contribution in [0.25, 0.3) is 0 Å². The number of halogens is 1. The van der Waals surface area contributed by atoms with Gasteiger partial charge in [-0.1, -0.05) is 0 Å². The lowest BCUT2D eigenvalue weighted by molar-refractivity contribution is 0.500. The van der Waals surface area contributed by atoms with E-state index in [2.05, 4.69) is 25.7 Å². The highest BCUT2D eigenvalue weighted by atomic mass is 127. The molecule has 2 heterocycles. The third kappa shape index (κ3) is 5.42. The van der Waals surface area contributed by atoms with Crippen molar-refractivity contribution in [1.82, 2.24) is 25.4 Å². The molecule has 9 heteroatoms. The maximum atomic E-state index is 8.62. The second-order valence-electron chi connectivity index (χ2n) is 3.87. The SMILES string of the molecule is CN=C(NCCn1cnc(C#N)n1)NCc1ccco1.I. The van der Waals surface area contributed by atoms with E-state index in [0.717, 1.165) is 5.76 Å². The third-order valence-corrected chi connectivity index (χ3v) is 2.50. The molecule has 8 nitrogen and oxygen atoms in total. The Bertz CT molecular complexity index is 599. The van der Waals surface area contributed by atoms with E-state index in [-0.39, 0.29) is 29.8 Å². The summed E-state index contributed by atoms with van der Waals surface area (Å²) < 4.78 is 6.82. The van der Waals surface area contributed by atoms with Crippen molar-refractivity contribution in [3.05, 3.63) is 36.3 Å². The number of aliphatic imine (C=N–C) groups is 1. The summed E-state index contributed by atoms with van der Waals surface area (Å²) in [6.07, 6.45) is 3.16. The molecule has 2 N–H and O–H groups in total. The fraction of sp³-hybridized carbons (Fsp3) is 0.333. The topological polar surface area (TPSA) is 104 Å². The van der Waals surface area contributed by atoms with Gasteiger partial charge in [0.25, 0.3) is 5.82 Å². The summed E-state index contributed by atoms with van der Waals surface area (Å²) in [5.41, 5.74) is 0. The molecule has 2 aromatic rings. The van der Waals surface area contributed by atoms with Gasteiger partial charge in [0.05, 0.1) is 19.4 Å². The Labute approximate surface area is 139 Å². The molecule has 112 valence electrons. The standard InChI is InChI=1S/C12H15N7O.HI/c1-14-12(16-8-10-3-2-6-20-10)15-4-5-19-9-17-11(7-13)18-19;/h2-3,6,9H,4-5,8H2,1H3,(H2,14,15,16);1H. The highest BCUT2D eigenvalue weighted by Crippen LogP contribution is 1.98. The van der Waals surface area contributed by atoms with E-state index in [0.29, 0.717) is 25.6 Å². The number of nitriles is 1. The van der Waals surface area contributed by atoms with Crippen molar-refractivity contribution in [2.45, 2.75) is 13.1 Å². The van der Waals surface area contributed by atoms with E-state index in [4.69, 9.17) is 9.68 Å². The number of aromatic nitrogens is 3. The van der Waals surface area contributed by atoms with Crippen molar-refractivity contribution in [3.8, 4) is 6.07 Å². The first kappa shape index (κ1) is 17.0. The van der Waals surface area contributed by atoms with Crippen molar-refractivity contribution in [1.29, 1.82) is 5.26 Å². The van der Waals surface area contributed by atoms with Crippen molar-refractivity contribution in [2.75, 3.05) is 13.6 Å². The Balaban J connectivity index is 0.00000220. The third-order valence-electron chi connectivity index (χ3n) is 2.50. The van der Waals surface area contributed by atoms with E-state index >= 15 is 0 Å². The Kier molecular flexibility index (Phi) is 7.24. The molecule has 0 saturated heterocycles. The zero-order valence-corrected chi connectivity index (χ0v) is 13.8. The summed E-state index contributed by atoms with van der Waals surface area (Å²) in [5, 5.41) is 18.8. The maximum absolute atomic E-state index is 8.62. The van der Waals surface area contributed by atoms with Gasteiger partial charge in [-0.25, -0.2) is 9.67 Å². The summed E-state index contributed by atoms with van der Waals surface area (Å²) in [6.45, 7) is 1.77. The van der Waals surface area contributed by atoms with Crippen LogP contribution in [0.4, 0.5) is 0 Å². The van der Waals surface area contributed by atoms with Gasteiger partial charge in [-0.15, -0.1) is 29.1 Å². The number of rotatable bonds is 5. The van der Waals surface area contributed by atoms with Crippen molar-refractivity contribution in [3.63, 3.8) is 0 Å². The van der Waals surface area contributed by atoms with Crippen LogP contribution in [0.3, 0.4) is 0 Å². The fourth-order valence-corrected chi connectivity index (χ4v) is 1.55. The Morgan fingerprint density at radius 1 is 1.52 bits per heavy atom. The molecule has 0 aliphatic rings. The second kappa shape index (κ2) is 8.96. The molecule has 2 rings (SSSR count). The quantitative estimate of drug-likeness (QED) is 0.435. The van der Waals surface area contributed by atoms with Gasteiger partial charge in [0.1, 0.15) is 18.2 Å². The van der Waals surface area contributed by atoms with E-state index in [9.17, 15) is 0 Å². The Hall–Kier alpha value is -2.09. The fourth-order valence-electron chi connectivity index (χ4n) is 1.55. The van der Waals surface area contributed by atoms with Gasteiger partial charge >= 0.3 is 0 Å². The minimum atomic E-state index is 0. The van der Waals surface area contributed by atoms with Crippen LogP contribution in [0.2, 0.25) is 0 Å². The predicted molar refractivity (Wildman–Crippen MR) is 87.1 cm³/mol. The molecule has 0 saturated carbocycles. The molecule has 0 aromatic carbocycles. The van der Waals surface area contributed by atoms with E-state index in [1.807, 2.05) is 18.2 Å². The minimum absolute atomic E-state index is 0. The predicted octanol–water partition coefficient (Wildman–Crippen LogP) is 0.726. The molecular weight excluding hydrogens is 385 g/mol. The van der Waals surface area contributed by atoms with Crippen LogP contribution < -0.4 is 10.6 Å². The second-order valence-corrected chi connectivity index (χ2v) is 3.87. The first-order valence-electron chi connectivity index (χ1n) is 6.08. The first-order chi connectivity index (χ1) is 9.81. The van der Waals surface area contributed by atoms with Gasteiger partial charge in [-0.2, -0.15) is 5.26 Å². The largest absolute Gasteiger partial charge is 0.467 e. The zero-order valence-electron chi connectivity index (χ0n) is 11.5. The average Bonchev–Trinajstić information content (AvgIpc) is 3.13. The van der Waals surface area contributed by atoms with E-state index in [1.165, 1.54) is 6.33 Å². The number of hydrogen-bond acceptors (Lipinski definition) is 5. The van der Waals surface area contributed by atoms with E-state index in [1.54, 1.807) is 18.0 Å². The van der Waals surface area contributed by atoms with Gasteiger partial charge in [0.15, 0.2) is 5.96 Å². The molecule has 2 aromatic heterocycles. The molecule has 0 amide bonds. The molecule has 0 spiro atoms. The zero-order chi connectivity index (χ0) is 14.2. The van der Waals surface area contributed by atoms with Crippen LogP contribution in [0.1, 0.15) is 11.6 Å². The Morgan fingerprint density at radius 2 is 2.38 bits per heavy atom. The van der Waals surface area contributed by atoms with Crippen molar-refractivity contribution < 1.29 is 4.42 Å². The highest BCUT2D eigenvalue weighted by molar-refractivity contribution is 14.0. The highest BCUT2D eigenvalue weighted by Gasteiger charge is 2.01. The van der Waals surface area contributed by atoms with E-state index < -0.39 is 0 Å². The summed E-state index contributed by atoms with van der Waals surface area (Å²) >= 11 is 0. The molecule has 0 unspecified atom stereocenters. The van der Waals surface area contributed by atoms with Crippen LogP contribution in [0.15, 0.2) is 34.1 Å². The van der Waals surface area contributed by atoms with Gasteiger partial charge in [0.2, 0.25) is 0 Å². The number of nitrogens with one attached hydrogen (secondary N) is 2. The first-order valence-corrected chi connectivity index (χ1v) is 6.08. The lowest BCUT2D eigenvalue weighted by Gasteiger charge is -2.10. The van der Waals surface area contributed by atoms with Gasteiger partial charge in [-0.3, -0.25) is 4.99 Å². The number of furan rings is 1. The molecule has 0 aliphatic heterocycles. The maximum Gasteiger partial charge on any atom is 0.252 e. The summed E-state index contributed by atoms with van der Waals surface area (Å²) in [5.74, 6) is 1.68. The van der Waals surface area contributed by atoms with Crippen molar-refractivity contribution in [2.24, 2.45) is 4.99 Å². The Morgan fingerprint density at radius 3 is 3.00 bits per heavy atom. The molecule has 0 fully saturated rings. The van der Waals surface area contributed by atoms with Crippen LogP contribution in [0, 0.1) is 11.3 Å². The molecule has 0 bridgehead atoms. The molecule has 0 radical (unpaired) electrons. The molecule has 0 atom stereocenters. The summed E-state index contributed by atoms with van der Waals surface area (Å²) in [7, 11) is 1.70. The number of hydrogen-bond donors (Lipinski definition) is 2. The monoisotopic (exact) mass is 401 g/mol. The van der Waals surface area contributed by atoms with Gasteiger partial charge < -0.3 is 15.1 Å². The van der Waals surface area contributed by atoms with Gasteiger partial charge in [0, 0.05) is 13.6 Å². The lowest BCUT2D eigenvalue weighted by atomic mass is 10.4. The smallest absolute Gasteiger partial charge is 0.252 e. The van der Waals surface area contributed by atoms with Crippen LogP contribution in [-0.2, 0) is 13.1 Å². The summed E-state index contributed by atoms with van der Waals surface area (Å²) in [6, 6.07) is 5.61. The number of nitrogens with zero attached hydrogens (tertiary/aromatic N) is 5.